The number of hydrogen-bond donors (Lipinski definition) is 1. The second-order valence-corrected chi connectivity index (χ2v) is 8.37. The average molecular weight is 480 g/mol. The van der Waals surface area contributed by atoms with E-state index in [2.05, 4.69) is 4.90 Å². The van der Waals surface area contributed by atoms with Gasteiger partial charge in [-0.3, -0.25) is 14.5 Å². The van der Waals surface area contributed by atoms with Gasteiger partial charge >= 0.3 is 0 Å². The Kier molecular flexibility index (Phi) is 9.93. The predicted molar refractivity (Wildman–Crippen MR) is 136 cm³/mol. The molecule has 0 radical (unpaired) electrons. The first-order valence-corrected chi connectivity index (χ1v) is 11.8. The highest BCUT2D eigenvalue weighted by Crippen LogP contribution is 2.29. The minimum absolute atomic E-state index is 0.0185. The van der Waals surface area contributed by atoms with Crippen molar-refractivity contribution in [2.24, 2.45) is 0 Å². The Morgan fingerprint density at radius 1 is 0.857 bits per heavy atom. The fourth-order valence-electron chi connectivity index (χ4n) is 3.84. The van der Waals surface area contributed by atoms with Gasteiger partial charge in [0.05, 0.1) is 20.6 Å². The number of piperidine rings is 1. The highest BCUT2D eigenvalue weighted by Gasteiger charge is 2.11. The number of phenolic OH excluding ortho intramolecular Hbond substituents is 1. The fraction of sp³-hybridized carbons (Fsp3) is 0.357. The molecule has 1 fully saturated rings. The SMILES string of the molecule is COc1cc(/C=C/C(=O)CC(=O)/C=C/c2ccc(OCCN3CCCCC3)c(OC)c2)ccc1O. The van der Waals surface area contributed by atoms with E-state index in [0.29, 0.717) is 29.4 Å². The molecule has 7 nitrogen and oxygen atoms in total. The standard InChI is InChI=1S/C28H33NO6/c1-33-27-18-21(8-12-25(27)32)6-10-23(30)20-24(31)11-7-22-9-13-26(28(19-22)34-2)35-17-16-29-14-4-3-5-15-29/h6-13,18-19,32H,3-5,14-17,20H2,1-2H3/b10-6+,11-7+. The van der Waals surface area contributed by atoms with Crippen LogP contribution in [0.2, 0.25) is 0 Å². The molecule has 0 amide bonds. The zero-order valence-electron chi connectivity index (χ0n) is 20.4. The van der Waals surface area contributed by atoms with Crippen LogP contribution in [0.5, 0.6) is 23.0 Å². The number of ether oxygens (including phenoxy) is 3. The molecule has 1 heterocycles. The third kappa shape index (κ3) is 8.30. The quantitative estimate of drug-likeness (QED) is 0.354. The van der Waals surface area contributed by atoms with Crippen LogP contribution >= 0.6 is 0 Å². The Bertz CT molecular complexity index is 1070. The highest BCUT2D eigenvalue weighted by atomic mass is 16.5. The van der Waals surface area contributed by atoms with Crippen molar-refractivity contribution in [2.45, 2.75) is 25.7 Å². The topological polar surface area (TPSA) is 85.3 Å². The molecule has 35 heavy (non-hydrogen) atoms. The summed E-state index contributed by atoms with van der Waals surface area (Å²) in [4.78, 5) is 26.8. The monoisotopic (exact) mass is 479 g/mol. The molecular weight excluding hydrogens is 446 g/mol. The molecule has 7 heteroatoms. The zero-order chi connectivity index (χ0) is 25.0. The molecule has 186 valence electrons. The van der Waals surface area contributed by atoms with Gasteiger partial charge in [-0.1, -0.05) is 30.7 Å². The van der Waals surface area contributed by atoms with Crippen molar-refractivity contribution in [3.05, 3.63) is 59.7 Å². The molecule has 0 saturated carbocycles. The predicted octanol–water partition coefficient (Wildman–Crippen LogP) is 4.53. The molecule has 1 aliphatic heterocycles. The Hall–Kier alpha value is -3.58. The minimum Gasteiger partial charge on any atom is -0.504 e. The molecular formula is C28H33NO6. The van der Waals surface area contributed by atoms with Crippen molar-refractivity contribution in [1.29, 1.82) is 0 Å². The minimum atomic E-state index is -0.318. The summed E-state index contributed by atoms with van der Waals surface area (Å²) in [6, 6.07) is 10.2. The summed E-state index contributed by atoms with van der Waals surface area (Å²) in [7, 11) is 3.03. The maximum absolute atomic E-state index is 12.2. The molecule has 1 N–H and O–H groups in total. The summed E-state index contributed by atoms with van der Waals surface area (Å²) in [5, 5.41) is 9.63. The van der Waals surface area contributed by atoms with Gasteiger partial charge in [-0.25, -0.2) is 0 Å². The average Bonchev–Trinajstić information content (AvgIpc) is 2.88. The normalized spacial score (nSPS) is 14.3. The molecule has 1 saturated heterocycles. The van der Waals surface area contributed by atoms with E-state index in [4.69, 9.17) is 14.2 Å². The van der Waals surface area contributed by atoms with E-state index in [1.54, 1.807) is 37.5 Å². The molecule has 3 rings (SSSR count). The summed E-state index contributed by atoms with van der Waals surface area (Å²) in [5.74, 6) is 0.976. The lowest BCUT2D eigenvalue weighted by molar-refractivity contribution is -0.121. The number of aromatic hydroxyl groups is 1. The van der Waals surface area contributed by atoms with E-state index in [1.807, 2.05) is 12.1 Å². The lowest BCUT2D eigenvalue weighted by Gasteiger charge is -2.26. The van der Waals surface area contributed by atoms with Crippen LogP contribution < -0.4 is 14.2 Å². The number of likely N-dealkylation sites (tertiary alicyclic amines) is 1. The van der Waals surface area contributed by atoms with Gasteiger partial charge in [0.1, 0.15) is 6.61 Å². The molecule has 0 unspecified atom stereocenters. The Balaban J connectivity index is 1.50. The maximum atomic E-state index is 12.2. The number of benzene rings is 2. The van der Waals surface area contributed by atoms with E-state index in [-0.39, 0.29) is 23.7 Å². The summed E-state index contributed by atoms with van der Waals surface area (Å²) in [6.07, 6.45) is 9.54. The Morgan fingerprint density at radius 2 is 1.46 bits per heavy atom. The van der Waals surface area contributed by atoms with Crippen LogP contribution in [0.4, 0.5) is 0 Å². The molecule has 0 aromatic heterocycles. The molecule has 0 aliphatic carbocycles. The summed E-state index contributed by atoms with van der Waals surface area (Å²) >= 11 is 0. The summed E-state index contributed by atoms with van der Waals surface area (Å²) in [6.45, 7) is 3.74. The second-order valence-electron chi connectivity index (χ2n) is 8.37. The summed E-state index contributed by atoms with van der Waals surface area (Å²) in [5.41, 5.74) is 1.46. The molecule has 0 spiro atoms. The molecule has 0 bridgehead atoms. The van der Waals surface area contributed by atoms with E-state index in [1.165, 1.54) is 44.6 Å². The van der Waals surface area contributed by atoms with Crippen molar-refractivity contribution in [1.82, 2.24) is 4.90 Å². The highest BCUT2D eigenvalue weighted by molar-refractivity contribution is 6.10. The van der Waals surface area contributed by atoms with Crippen molar-refractivity contribution < 1.29 is 28.9 Å². The first kappa shape index (κ1) is 26.0. The Morgan fingerprint density at radius 3 is 2.09 bits per heavy atom. The number of methoxy groups -OCH3 is 2. The number of rotatable bonds is 12. The van der Waals surface area contributed by atoms with Gasteiger partial charge in [0.25, 0.3) is 0 Å². The van der Waals surface area contributed by atoms with Gasteiger partial charge in [0, 0.05) is 6.54 Å². The van der Waals surface area contributed by atoms with Crippen LogP contribution in [-0.4, -0.2) is 62.0 Å². The lowest BCUT2D eigenvalue weighted by atomic mass is 10.1. The first-order valence-electron chi connectivity index (χ1n) is 11.8. The fourth-order valence-corrected chi connectivity index (χ4v) is 3.84. The number of allylic oxidation sites excluding steroid dienone is 2. The van der Waals surface area contributed by atoms with Crippen LogP contribution in [0.3, 0.4) is 0 Å². The third-order valence-corrected chi connectivity index (χ3v) is 5.78. The van der Waals surface area contributed by atoms with Crippen molar-refractivity contribution >= 4 is 23.7 Å². The van der Waals surface area contributed by atoms with E-state index < -0.39 is 0 Å². The number of ketones is 2. The second kappa shape index (κ2) is 13.3. The maximum Gasteiger partial charge on any atom is 0.163 e. The van der Waals surface area contributed by atoms with E-state index >= 15 is 0 Å². The van der Waals surface area contributed by atoms with Gasteiger partial charge in [-0.2, -0.15) is 0 Å². The smallest absolute Gasteiger partial charge is 0.163 e. The number of hydrogen-bond acceptors (Lipinski definition) is 7. The van der Waals surface area contributed by atoms with Crippen LogP contribution in [-0.2, 0) is 9.59 Å². The number of phenols is 1. The number of nitrogens with zero attached hydrogens (tertiary/aromatic N) is 1. The van der Waals surface area contributed by atoms with Crippen molar-refractivity contribution in [3.8, 4) is 23.0 Å². The molecule has 1 aliphatic rings. The van der Waals surface area contributed by atoms with Gasteiger partial charge in [0.15, 0.2) is 34.6 Å². The molecule has 2 aromatic rings. The number of carbonyl (C=O) groups excluding carboxylic acids is 2. The summed E-state index contributed by atoms with van der Waals surface area (Å²) < 4.78 is 16.4. The van der Waals surface area contributed by atoms with Gasteiger partial charge < -0.3 is 19.3 Å². The third-order valence-electron chi connectivity index (χ3n) is 5.78. The first-order chi connectivity index (χ1) is 17.0. The van der Waals surface area contributed by atoms with Gasteiger partial charge in [0.2, 0.25) is 0 Å². The van der Waals surface area contributed by atoms with Crippen LogP contribution in [0.1, 0.15) is 36.8 Å². The van der Waals surface area contributed by atoms with Gasteiger partial charge in [-0.15, -0.1) is 0 Å². The van der Waals surface area contributed by atoms with E-state index in [0.717, 1.165) is 25.2 Å². The largest absolute Gasteiger partial charge is 0.504 e. The zero-order valence-corrected chi connectivity index (χ0v) is 20.4. The molecule has 2 aromatic carbocycles. The van der Waals surface area contributed by atoms with Crippen molar-refractivity contribution in [2.75, 3.05) is 40.5 Å². The lowest BCUT2D eigenvalue weighted by Crippen LogP contribution is -2.33. The van der Waals surface area contributed by atoms with Gasteiger partial charge in [-0.05, 0) is 73.5 Å². The van der Waals surface area contributed by atoms with Crippen molar-refractivity contribution in [3.63, 3.8) is 0 Å². The van der Waals surface area contributed by atoms with Crippen LogP contribution in [0, 0.1) is 0 Å². The Labute approximate surface area is 206 Å². The van der Waals surface area contributed by atoms with E-state index in [9.17, 15) is 14.7 Å². The van der Waals surface area contributed by atoms with Crippen LogP contribution in [0.15, 0.2) is 48.6 Å². The molecule has 0 atom stereocenters. The number of carbonyl (C=O) groups is 2. The van der Waals surface area contributed by atoms with Crippen LogP contribution in [0.25, 0.3) is 12.2 Å².